The van der Waals surface area contributed by atoms with Crippen molar-refractivity contribution in [3.63, 3.8) is 0 Å². The Kier molecular flexibility index (Phi) is 4.97. The smallest absolute Gasteiger partial charge is 0.195 e. The minimum Gasteiger partial charge on any atom is -0.343 e. The number of pyridine rings is 1. The molecule has 3 rings (SSSR count). The molecule has 0 spiro atoms. The van der Waals surface area contributed by atoms with Crippen LogP contribution in [0, 0.1) is 26.6 Å². The van der Waals surface area contributed by atoms with E-state index in [4.69, 9.17) is 9.47 Å². The first-order valence-electron chi connectivity index (χ1n) is 8.51. The van der Waals surface area contributed by atoms with Crippen molar-refractivity contribution in [2.24, 2.45) is 0 Å². The van der Waals surface area contributed by atoms with E-state index >= 15 is 0 Å². The van der Waals surface area contributed by atoms with Crippen LogP contribution in [-0.2, 0) is 21.8 Å². The molecule has 0 atom stereocenters. The average Bonchev–Trinajstić information content (AvgIpc) is 3.03. The Morgan fingerprint density at radius 1 is 1.04 bits per heavy atom. The van der Waals surface area contributed by atoms with Crippen molar-refractivity contribution in [1.82, 2.24) is 0 Å². The van der Waals surface area contributed by atoms with Gasteiger partial charge in [-0.2, -0.15) is 0 Å². The summed E-state index contributed by atoms with van der Waals surface area (Å²) in [5.74, 6) is -1.02. The molecule has 0 N–H and O–H groups in total. The lowest BCUT2D eigenvalue weighted by atomic mass is 9.99. The van der Waals surface area contributed by atoms with Crippen LogP contribution in [0.4, 0.5) is 4.39 Å². The highest BCUT2D eigenvalue weighted by Gasteiger charge is 2.38. The van der Waals surface area contributed by atoms with Crippen LogP contribution in [0.5, 0.6) is 0 Å². The number of halogens is 1. The molecule has 1 aromatic heterocycles. The van der Waals surface area contributed by atoms with Crippen LogP contribution in [0.15, 0.2) is 36.7 Å². The van der Waals surface area contributed by atoms with Gasteiger partial charge in [0.25, 0.3) is 0 Å². The molecule has 1 aliphatic rings. The Balaban J connectivity index is 1.72. The van der Waals surface area contributed by atoms with Crippen molar-refractivity contribution in [3.05, 3.63) is 64.7 Å². The molecule has 0 amide bonds. The monoisotopic (exact) mass is 330 g/mol. The summed E-state index contributed by atoms with van der Waals surface area (Å²) >= 11 is 0. The second kappa shape index (κ2) is 6.99. The van der Waals surface area contributed by atoms with Gasteiger partial charge in [-0.3, -0.25) is 0 Å². The minimum absolute atomic E-state index is 0.213. The van der Waals surface area contributed by atoms with Crippen molar-refractivity contribution in [1.29, 1.82) is 0 Å². The van der Waals surface area contributed by atoms with Crippen LogP contribution in [0.3, 0.4) is 0 Å². The molecular weight excluding hydrogens is 305 g/mol. The molecule has 2 heterocycles. The molecule has 0 bridgehead atoms. The van der Waals surface area contributed by atoms with E-state index in [0.717, 1.165) is 18.5 Å². The Morgan fingerprint density at radius 3 is 2.46 bits per heavy atom. The largest absolute Gasteiger partial charge is 0.343 e. The van der Waals surface area contributed by atoms with Gasteiger partial charge in [0.15, 0.2) is 18.2 Å². The Hall–Kier alpha value is -1.78. The predicted molar refractivity (Wildman–Crippen MR) is 90.1 cm³/mol. The molecular formula is C20H25FNO2+. The third kappa shape index (κ3) is 3.50. The number of nitrogens with zero attached hydrogens (tertiary/aromatic N) is 1. The molecule has 0 saturated carbocycles. The van der Waals surface area contributed by atoms with E-state index < -0.39 is 5.79 Å². The van der Waals surface area contributed by atoms with Gasteiger partial charge in [-0.15, -0.1) is 0 Å². The number of benzene rings is 1. The molecule has 2 aromatic rings. The second-order valence-corrected chi connectivity index (χ2v) is 6.57. The average molecular weight is 330 g/mol. The van der Waals surface area contributed by atoms with E-state index in [1.54, 1.807) is 19.1 Å². The maximum absolute atomic E-state index is 14.0. The summed E-state index contributed by atoms with van der Waals surface area (Å²) in [7, 11) is 0. The van der Waals surface area contributed by atoms with Gasteiger partial charge in [0, 0.05) is 30.0 Å². The molecule has 0 unspecified atom stereocenters. The summed E-state index contributed by atoms with van der Waals surface area (Å²) in [5, 5.41) is 0. The Labute approximate surface area is 143 Å². The maximum atomic E-state index is 14.0. The van der Waals surface area contributed by atoms with Crippen LogP contribution in [0.25, 0.3) is 0 Å². The third-order valence-electron chi connectivity index (χ3n) is 4.79. The van der Waals surface area contributed by atoms with Crippen LogP contribution in [-0.4, -0.2) is 13.2 Å². The fourth-order valence-corrected chi connectivity index (χ4v) is 3.11. The zero-order valence-electron chi connectivity index (χ0n) is 14.6. The number of aryl methyl sites for hydroxylation is 4. The Bertz CT molecular complexity index is 724. The molecule has 128 valence electrons. The minimum atomic E-state index is -0.811. The van der Waals surface area contributed by atoms with Gasteiger partial charge < -0.3 is 9.47 Å². The number of ether oxygens (including phenoxy) is 2. The van der Waals surface area contributed by atoms with E-state index in [2.05, 4.69) is 36.9 Å². The van der Waals surface area contributed by atoms with E-state index in [9.17, 15) is 4.39 Å². The molecule has 1 fully saturated rings. The van der Waals surface area contributed by atoms with Gasteiger partial charge in [0.1, 0.15) is 12.4 Å². The van der Waals surface area contributed by atoms with E-state index in [0.29, 0.717) is 25.2 Å². The van der Waals surface area contributed by atoms with Crippen LogP contribution < -0.4 is 4.57 Å². The lowest BCUT2D eigenvalue weighted by molar-refractivity contribution is -0.698. The predicted octanol–water partition coefficient (Wildman–Crippen LogP) is 3.72. The van der Waals surface area contributed by atoms with Crippen LogP contribution in [0.1, 0.15) is 35.1 Å². The van der Waals surface area contributed by atoms with Crippen molar-refractivity contribution in [2.45, 2.75) is 45.9 Å². The molecule has 4 heteroatoms. The zero-order valence-corrected chi connectivity index (χ0v) is 14.6. The summed E-state index contributed by atoms with van der Waals surface area (Å²) in [4.78, 5) is 0. The van der Waals surface area contributed by atoms with Gasteiger partial charge in [0.05, 0.1) is 13.2 Å². The zero-order chi connectivity index (χ0) is 17.2. The summed E-state index contributed by atoms with van der Waals surface area (Å²) in [6, 6.07) is 7.37. The van der Waals surface area contributed by atoms with Crippen molar-refractivity contribution < 1.29 is 18.4 Å². The van der Waals surface area contributed by atoms with Gasteiger partial charge >= 0.3 is 0 Å². The Morgan fingerprint density at radius 2 is 1.79 bits per heavy atom. The number of rotatable bonds is 5. The molecule has 0 radical (unpaired) electrons. The highest BCUT2D eigenvalue weighted by Crippen LogP contribution is 2.36. The first kappa shape index (κ1) is 17.1. The number of aromatic nitrogens is 1. The normalized spacial score (nSPS) is 16.5. The summed E-state index contributed by atoms with van der Waals surface area (Å²) in [6.45, 7) is 7.97. The molecule has 3 nitrogen and oxygen atoms in total. The molecule has 24 heavy (non-hydrogen) atoms. The topological polar surface area (TPSA) is 22.3 Å². The highest BCUT2D eigenvalue weighted by atomic mass is 19.1. The van der Waals surface area contributed by atoms with Gasteiger partial charge in [0.2, 0.25) is 0 Å². The first-order chi connectivity index (χ1) is 11.5. The van der Waals surface area contributed by atoms with Crippen LogP contribution >= 0.6 is 0 Å². The number of hydrogen-bond donors (Lipinski definition) is 0. The molecule has 1 saturated heterocycles. The van der Waals surface area contributed by atoms with E-state index in [-0.39, 0.29) is 5.82 Å². The van der Waals surface area contributed by atoms with Gasteiger partial charge in [-0.1, -0.05) is 12.1 Å². The molecule has 1 aromatic carbocycles. The van der Waals surface area contributed by atoms with Gasteiger partial charge in [-0.05, 0) is 38.0 Å². The SMILES string of the molecule is Cc1cc[n+](CCCC2(c3ccc(C)c(F)c3)OCCO2)cc1C. The second-order valence-electron chi connectivity index (χ2n) is 6.57. The summed E-state index contributed by atoms with van der Waals surface area (Å²) < 4.78 is 27.9. The van der Waals surface area contributed by atoms with E-state index in [1.165, 1.54) is 11.1 Å². The lowest BCUT2D eigenvalue weighted by Gasteiger charge is -2.27. The quantitative estimate of drug-likeness (QED) is 0.780. The van der Waals surface area contributed by atoms with Crippen molar-refractivity contribution in [2.75, 3.05) is 13.2 Å². The fraction of sp³-hybridized carbons (Fsp3) is 0.450. The summed E-state index contributed by atoms with van der Waals surface area (Å²) in [6.07, 6.45) is 5.85. The lowest BCUT2D eigenvalue weighted by Crippen LogP contribution is -2.35. The molecule has 1 aliphatic heterocycles. The van der Waals surface area contributed by atoms with Gasteiger partial charge in [-0.25, -0.2) is 8.96 Å². The third-order valence-corrected chi connectivity index (χ3v) is 4.79. The summed E-state index contributed by atoms with van der Waals surface area (Å²) in [5.41, 5.74) is 3.98. The van der Waals surface area contributed by atoms with E-state index in [1.807, 2.05) is 6.07 Å². The number of hydrogen-bond acceptors (Lipinski definition) is 2. The van der Waals surface area contributed by atoms with Crippen molar-refractivity contribution >= 4 is 0 Å². The maximum Gasteiger partial charge on any atom is 0.195 e. The standard InChI is InChI=1S/C20H25FNO2/c1-15-7-10-22(14-17(15)3)9-4-8-20(23-11-12-24-20)18-6-5-16(2)19(21)13-18/h5-7,10,13-14H,4,8-9,11-12H2,1-3H3/q+1. The van der Waals surface area contributed by atoms with Crippen LogP contribution in [0.2, 0.25) is 0 Å². The van der Waals surface area contributed by atoms with Crippen molar-refractivity contribution in [3.8, 4) is 0 Å². The first-order valence-corrected chi connectivity index (χ1v) is 8.51. The fourth-order valence-electron chi connectivity index (χ4n) is 3.11. The molecule has 0 aliphatic carbocycles. The highest BCUT2D eigenvalue weighted by molar-refractivity contribution is 5.27.